The van der Waals surface area contributed by atoms with Gasteiger partial charge in [0, 0.05) is 11.6 Å². The van der Waals surface area contributed by atoms with E-state index >= 15 is 0 Å². The first kappa shape index (κ1) is 20.3. The van der Waals surface area contributed by atoms with Crippen LogP contribution in [0.5, 0.6) is 11.6 Å². The van der Waals surface area contributed by atoms with Gasteiger partial charge in [-0.1, -0.05) is 42.5 Å². The third-order valence-electron chi connectivity index (χ3n) is 4.38. The summed E-state index contributed by atoms with van der Waals surface area (Å²) in [6.45, 7) is 6.31. The number of ether oxygens (including phenoxy) is 2. The zero-order valence-corrected chi connectivity index (χ0v) is 16.9. The Labute approximate surface area is 170 Å². The highest BCUT2D eigenvalue weighted by Crippen LogP contribution is 2.20. The number of aryl methyl sites for hydroxylation is 2. The van der Waals surface area contributed by atoms with Gasteiger partial charge in [0.1, 0.15) is 12.4 Å². The molecule has 0 fully saturated rings. The highest BCUT2D eigenvalue weighted by atomic mass is 16.5. The van der Waals surface area contributed by atoms with Crippen molar-refractivity contribution >= 4 is 5.91 Å². The number of nitrogens with one attached hydrogen (secondary N) is 1. The Morgan fingerprint density at radius 2 is 1.83 bits per heavy atom. The summed E-state index contributed by atoms with van der Waals surface area (Å²) in [5, 5.41) is 11.0. The van der Waals surface area contributed by atoms with Crippen LogP contribution in [0.3, 0.4) is 0 Å². The standard InChI is InChI=1S/C23H25N3O3/c1-16-9-10-17(2)21(15-16)29-18(3)23(27)24-13-14-28-22-12-11-20(25-26-22)19-7-5-4-6-8-19/h4-12,15,18H,13-14H2,1-3H3,(H,24,27). The average Bonchev–Trinajstić information content (AvgIpc) is 2.74. The molecule has 1 unspecified atom stereocenters. The van der Waals surface area contributed by atoms with Gasteiger partial charge in [-0.05, 0) is 44.0 Å². The van der Waals surface area contributed by atoms with Crippen molar-refractivity contribution < 1.29 is 14.3 Å². The van der Waals surface area contributed by atoms with Gasteiger partial charge in [0.25, 0.3) is 5.91 Å². The van der Waals surface area contributed by atoms with Gasteiger partial charge in [-0.15, -0.1) is 10.2 Å². The van der Waals surface area contributed by atoms with Crippen molar-refractivity contribution in [2.75, 3.05) is 13.2 Å². The van der Waals surface area contributed by atoms with Crippen LogP contribution in [0.1, 0.15) is 18.1 Å². The Bertz CT molecular complexity index is 943. The smallest absolute Gasteiger partial charge is 0.260 e. The lowest BCUT2D eigenvalue weighted by Crippen LogP contribution is -2.38. The quantitative estimate of drug-likeness (QED) is 0.593. The number of hydrogen-bond donors (Lipinski definition) is 1. The molecule has 6 nitrogen and oxygen atoms in total. The molecule has 0 saturated heterocycles. The van der Waals surface area contributed by atoms with Crippen molar-refractivity contribution in [2.45, 2.75) is 26.9 Å². The molecule has 1 heterocycles. The summed E-state index contributed by atoms with van der Waals surface area (Å²) in [5.41, 5.74) is 3.86. The van der Waals surface area contributed by atoms with E-state index in [-0.39, 0.29) is 5.91 Å². The minimum atomic E-state index is -0.597. The van der Waals surface area contributed by atoms with Gasteiger partial charge in [-0.25, -0.2) is 0 Å². The lowest BCUT2D eigenvalue weighted by atomic mass is 10.1. The molecule has 2 aromatic carbocycles. The molecule has 1 amide bonds. The molecule has 0 spiro atoms. The minimum Gasteiger partial charge on any atom is -0.481 e. The van der Waals surface area contributed by atoms with E-state index in [0.717, 1.165) is 28.1 Å². The van der Waals surface area contributed by atoms with Crippen molar-refractivity contribution in [2.24, 2.45) is 0 Å². The first-order valence-electron chi connectivity index (χ1n) is 9.56. The molecule has 1 atom stereocenters. The number of carbonyl (C=O) groups excluding carboxylic acids is 1. The third kappa shape index (κ3) is 5.78. The molecular weight excluding hydrogens is 366 g/mol. The monoisotopic (exact) mass is 391 g/mol. The van der Waals surface area contributed by atoms with E-state index in [1.54, 1.807) is 13.0 Å². The van der Waals surface area contributed by atoms with Crippen molar-refractivity contribution in [1.82, 2.24) is 15.5 Å². The molecule has 1 aromatic heterocycles. The number of amides is 1. The van der Waals surface area contributed by atoms with Gasteiger partial charge in [-0.3, -0.25) is 4.79 Å². The van der Waals surface area contributed by atoms with Crippen molar-refractivity contribution in [3.63, 3.8) is 0 Å². The second-order valence-corrected chi connectivity index (χ2v) is 6.79. The van der Waals surface area contributed by atoms with E-state index in [1.165, 1.54) is 0 Å². The van der Waals surface area contributed by atoms with Gasteiger partial charge in [-0.2, -0.15) is 0 Å². The van der Waals surface area contributed by atoms with Crippen LogP contribution in [0, 0.1) is 13.8 Å². The molecule has 0 bridgehead atoms. The topological polar surface area (TPSA) is 73.3 Å². The number of nitrogens with zero attached hydrogens (tertiary/aromatic N) is 2. The fourth-order valence-electron chi connectivity index (χ4n) is 2.71. The van der Waals surface area contributed by atoms with Gasteiger partial charge >= 0.3 is 0 Å². The van der Waals surface area contributed by atoms with Crippen LogP contribution < -0.4 is 14.8 Å². The fourth-order valence-corrected chi connectivity index (χ4v) is 2.71. The molecule has 3 aromatic rings. The molecule has 1 N–H and O–H groups in total. The maximum absolute atomic E-state index is 12.2. The van der Waals surface area contributed by atoms with Crippen molar-refractivity contribution in [3.05, 3.63) is 71.8 Å². The predicted octanol–water partition coefficient (Wildman–Crippen LogP) is 3.72. The van der Waals surface area contributed by atoms with Crippen LogP contribution >= 0.6 is 0 Å². The van der Waals surface area contributed by atoms with Gasteiger partial charge in [0.2, 0.25) is 5.88 Å². The van der Waals surface area contributed by atoms with Gasteiger partial charge < -0.3 is 14.8 Å². The summed E-state index contributed by atoms with van der Waals surface area (Å²) in [6, 6.07) is 19.4. The first-order chi connectivity index (χ1) is 14.0. The van der Waals surface area contributed by atoms with Crippen LogP contribution in [-0.4, -0.2) is 35.4 Å². The summed E-state index contributed by atoms with van der Waals surface area (Å²) in [5.74, 6) is 0.941. The predicted molar refractivity (Wildman–Crippen MR) is 112 cm³/mol. The Kier molecular flexibility index (Phi) is 6.79. The van der Waals surface area contributed by atoms with Crippen LogP contribution in [0.15, 0.2) is 60.7 Å². The van der Waals surface area contributed by atoms with Crippen LogP contribution in [0.2, 0.25) is 0 Å². The largest absolute Gasteiger partial charge is 0.481 e. The zero-order chi connectivity index (χ0) is 20.6. The summed E-state index contributed by atoms with van der Waals surface area (Å²) in [6.07, 6.45) is -0.597. The van der Waals surface area contributed by atoms with Crippen LogP contribution in [0.4, 0.5) is 0 Å². The maximum Gasteiger partial charge on any atom is 0.260 e. The van der Waals surface area contributed by atoms with Crippen LogP contribution in [-0.2, 0) is 4.79 Å². The molecule has 6 heteroatoms. The highest BCUT2D eigenvalue weighted by molar-refractivity contribution is 5.80. The van der Waals surface area contributed by atoms with Crippen molar-refractivity contribution in [3.8, 4) is 22.9 Å². The summed E-state index contributed by atoms with van der Waals surface area (Å²) >= 11 is 0. The molecule has 0 aliphatic heterocycles. The Morgan fingerprint density at radius 3 is 2.55 bits per heavy atom. The first-order valence-corrected chi connectivity index (χ1v) is 9.56. The van der Waals surface area contributed by atoms with Gasteiger partial charge in [0.05, 0.1) is 12.2 Å². The second-order valence-electron chi connectivity index (χ2n) is 6.79. The Morgan fingerprint density at radius 1 is 1.03 bits per heavy atom. The number of rotatable bonds is 8. The van der Waals surface area contributed by atoms with E-state index in [2.05, 4.69) is 15.5 Å². The van der Waals surface area contributed by atoms with E-state index in [0.29, 0.717) is 19.0 Å². The van der Waals surface area contributed by atoms with Gasteiger partial charge in [0.15, 0.2) is 6.10 Å². The Balaban J connectivity index is 1.42. The number of carbonyl (C=O) groups is 1. The molecular formula is C23H25N3O3. The number of aromatic nitrogens is 2. The SMILES string of the molecule is Cc1ccc(C)c(OC(C)C(=O)NCCOc2ccc(-c3ccccc3)nn2)c1. The lowest BCUT2D eigenvalue weighted by molar-refractivity contribution is -0.127. The van der Waals surface area contributed by atoms with Crippen LogP contribution in [0.25, 0.3) is 11.3 Å². The average molecular weight is 391 g/mol. The van der Waals surface area contributed by atoms with E-state index in [9.17, 15) is 4.79 Å². The zero-order valence-electron chi connectivity index (χ0n) is 16.9. The molecule has 0 radical (unpaired) electrons. The summed E-state index contributed by atoms with van der Waals surface area (Å²) in [7, 11) is 0. The highest BCUT2D eigenvalue weighted by Gasteiger charge is 2.15. The summed E-state index contributed by atoms with van der Waals surface area (Å²) in [4.78, 5) is 12.2. The fraction of sp³-hybridized carbons (Fsp3) is 0.261. The maximum atomic E-state index is 12.2. The Hall–Kier alpha value is -3.41. The molecule has 3 rings (SSSR count). The molecule has 29 heavy (non-hydrogen) atoms. The molecule has 150 valence electrons. The van der Waals surface area contributed by atoms with E-state index in [1.807, 2.05) is 68.4 Å². The second kappa shape index (κ2) is 9.68. The molecule has 0 saturated carbocycles. The molecule has 0 aliphatic carbocycles. The normalized spacial score (nSPS) is 11.6. The van der Waals surface area contributed by atoms with Crippen molar-refractivity contribution in [1.29, 1.82) is 0 Å². The van der Waals surface area contributed by atoms with E-state index in [4.69, 9.17) is 9.47 Å². The summed E-state index contributed by atoms with van der Waals surface area (Å²) < 4.78 is 11.3. The lowest BCUT2D eigenvalue weighted by Gasteiger charge is -2.16. The number of benzene rings is 2. The van der Waals surface area contributed by atoms with E-state index < -0.39 is 6.10 Å². The number of hydrogen-bond acceptors (Lipinski definition) is 5. The third-order valence-corrected chi connectivity index (χ3v) is 4.38. The molecule has 0 aliphatic rings. The minimum absolute atomic E-state index is 0.194.